The van der Waals surface area contributed by atoms with Crippen molar-refractivity contribution < 1.29 is 19.2 Å². The van der Waals surface area contributed by atoms with Crippen LogP contribution in [0.15, 0.2) is 29.4 Å². The molecule has 0 aromatic heterocycles. The smallest absolute Gasteiger partial charge is 0.223 e. The number of hydrogen-bond acceptors (Lipinski definition) is 5. The summed E-state index contributed by atoms with van der Waals surface area (Å²) in [5, 5.41) is 9.84. The normalized spacial score (nSPS) is 18.7. The molecule has 1 heterocycles. The van der Waals surface area contributed by atoms with E-state index in [1.54, 1.807) is 7.11 Å². The van der Waals surface area contributed by atoms with Crippen LogP contribution in [0.5, 0.6) is 5.75 Å². The van der Waals surface area contributed by atoms with Gasteiger partial charge in [-0.1, -0.05) is 5.16 Å². The largest absolute Gasteiger partial charge is 0.497 e. The summed E-state index contributed by atoms with van der Waals surface area (Å²) < 4.78 is 5.14. The molecule has 0 unspecified atom stereocenters. The van der Waals surface area contributed by atoms with Gasteiger partial charge < -0.3 is 20.2 Å². The van der Waals surface area contributed by atoms with Crippen LogP contribution in [-0.2, 0) is 14.4 Å². The Morgan fingerprint density at radius 2 is 2.00 bits per heavy atom. The van der Waals surface area contributed by atoms with Gasteiger partial charge in [-0.15, -0.1) is 0 Å². The Morgan fingerprint density at radius 3 is 2.69 bits per heavy atom. The summed E-state index contributed by atoms with van der Waals surface area (Å²) in [5.41, 5.74) is 1.86. The van der Waals surface area contributed by atoms with E-state index in [0.29, 0.717) is 32.4 Å². The summed E-state index contributed by atoms with van der Waals surface area (Å²) in [6.07, 6.45) is 3.53. The molecule has 1 saturated carbocycles. The summed E-state index contributed by atoms with van der Waals surface area (Å²) in [7, 11) is 1.63. The van der Waals surface area contributed by atoms with E-state index >= 15 is 0 Å². The molecule has 1 aromatic carbocycles. The number of benzene rings is 1. The minimum atomic E-state index is -0.148. The van der Waals surface area contributed by atoms with Crippen LogP contribution in [0, 0.1) is 5.92 Å². The van der Waals surface area contributed by atoms with E-state index in [9.17, 15) is 9.59 Å². The van der Waals surface area contributed by atoms with Crippen molar-refractivity contribution in [3.05, 3.63) is 29.8 Å². The van der Waals surface area contributed by atoms with E-state index in [2.05, 4.69) is 15.8 Å². The molecule has 7 heteroatoms. The molecule has 7 nitrogen and oxygen atoms in total. The number of methoxy groups -OCH3 is 1. The van der Waals surface area contributed by atoms with E-state index in [4.69, 9.17) is 9.57 Å². The monoisotopic (exact) mass is 359 g/mol. The molecule has 3 rings (SSSR count). The molecule has 1 aliphatic carbocycles. The van der Waals surface area contributed by atoms with Crippen LogP contribution < -0.4 is 15.4 Å². The van der Waals surface area contributed by atoms with Gasteiger partial charge in [0.1, 0.15) is 11.9 Å². The van der Waals surface area contributed by atoms with Crippen LogP contribution in [0.2, 0.25) is 0 Å². The fraction of sp³-hybridized carbons (Fsp3) is 0.526. The lowest BCUT2D eigenvalue weighted by molar-refractivity contribution is -0.123. The molecule has 26 heavy (non-hydrogen) atoms. The van der Waals surface area contributed by atoms with Crippen molar-refractivity contribution in [2.75, 3.05) is 20.2 Å². The highest BCUT2D eigenvalue weighted by atomic mass is 16.6. The van der Waals surface area contributed by atoms with Gasteiger partial charge in [0.25, 0.3) is 0 Å². The number of nitrogens with one attached hydrogen (secondary N) is 2. The van der Waals surface area contributed by atoms with Crippen LogP contribution >= 0.6 is 0 Å². The van der Waals surface area contributed by atoms with Crippen molar-refractivity contribution in [1.29, 1.82) is 0 Å². The van der Waals surface area contributed by atoms with E-state index < -0.39 is 0 Å². The van der Waals surface area contributed by atoms with Crippen LogP contribution in [-0.4, -0.2) is 43.8 Å². The molecular formula is C19H25N3O4. The Morgan fingerprint density at radius 1 is 1.23 bits per heavy atom. The van der Waals surface area contributed by atoms with Crippen LogP contribution in [0.1, 0.15) is 37.7 Å². The van der Waals surface area contributed by atoms with Gasteiger partial charge in [0.05, 0.1) is 19.4 Å². The van der Waals surface area contributed by atoms with Gasteiger partial charge in [-0.05, 0) is 49.1 Å². The zero-order valence-electron chi connectivity index (χ0n) is 15.0. The molecule has 1 atom stereocenters. The number of amides is 2. The first-order valence-electron chi connectivity index (χ1n) is 9.07. The molecule has 0 saturated heterocycles. The number of oxime groups is 1. The first kappa shape index (κ1) is 18.2. The fourth-order valence-electron chi connectivity index (χ4n) is 2.76. The molecule has 0 spiro atoms. The van der Waals surface area contributed by atoms with Crippen molar-refractivity contribution in [2.24, 2.45) is 11.1 Å². The summed E-state index contributed by atoms with van der Waals surface area (Å²) in [6, 6.07) is 7.65. The summed E-state index contributed by atoms with van der Waals surface area (Å²) in [5.74, 6) is 1.09. The van der Waals surface area contributed by atoms with E-state index in [0.717, 1.165) is 29.9 Å². The second kappa shape index (κ2) is 8.69. The maximum atomic E-state index is 11.9. The number of carbonyl (C=O) groups excluding carboxylic acids is 2. The molecule has 1 aliphatic heterocycles. The zero-order valence-corrected chi connectivity index (χ0v) is 15.0. The lowest BCUT2D eigenvalue weighted by Gasteiger charge is -2.10. The number of ether oxygens (including phenoxy) is 1. The van der Waals surface area contributed by atoms with Crippen molar-refractivity contribution >= 4 is 17.5 Å². The van der Waals surface area contributed by atoms with Crippen molar-refractivity contribution in [1.82, 2.24) is 10.6 Å². The second-order valence-electron chi connectivity index (χ2n) is 6.67. The maximum absolute atomic E-state index is 11.9. The standard InChI is InChI=1S/C19H25N3O4/c1-25-15-8-6-13(7-9-15)17-11-16(26-22-17)12-21-18(23)3-2-10-20-19(24)14-4-5-14/h6-9,14,16H,2-5,10-12H2,1H3,(H,20,24)(H,21,23)/t16-/m0/s1. The Labute approximate surface area is 153 Å². The highest BCUT2D eigenvalue weighted by molar-refractivity contribution is 6.01. The average molecular weight is 359 g/mol. The van der Waals surface area contributed by atoms with Crippen LogP contribution in [0.3, 0.4) is 0 Å². The minimum Gasteiger partial charge on any atom is -0.497 e. The van der Waals surface area contributed by atoms with Crippen LogP contribution in [0.4, 0.5) is 0 Å². The highest BCUT2D eigenvalue weighted by Gasteiger charge is 2.29. The highest BCUT2D eigenvalue weighted by Crippen LogP contribution is 2.28. The lowest BCUT2D eigenvalue weighted by atomic mass is 10.0. The average Bonchev–Trinajstić information content (AvgIpc) is 3.42. The molecule has 0 bridgehead atoms. The van der Waals surface area contributed by atoms with E-state index in [1.807, 2.05) is 24.3 Å². The Hall–Kier alpha value is -2.57. The van der Waals surface area contributed by atoms with Gasteiger partial charge in [-0.3, -0.25) is 9.59 Å². The molecule has 1 fully saturated rings. The quantitative estimate of drug-likeness (QED) is 0.656. The molecule has 1 aromatic rings. The predicted octanol–water partition coefficient (Wildman–Crippen LogP) is 1.61. The maximum Gasteiger partial charge on any atom is 0.223 e. The topological polar surface area (TPSA) is 89.0 Å². The Balaban J connectivity index is 1.30. The van der Waals surface area contributed by atoms with E-state index in [-0.39, 0.29) is 23.8 Å². The number of nitrogens with zero attached hydrogens (tertiary/aromatic N) is 1. The third-order valence-electron chi connectivity index (χ3n) is 4.51. The minimum absolute atomic E-state index is 0.0350. The molecule has 2 N–H and O–H groups in total. The Kier molecular flexibility index (Phi) is 6.09. The lowest BCUT2D eigenvalue weighted by Crippen LogP contribution is -2.33. The van der Waals surface area contributed by atoms with Gasteiger partial charge in [0, 0.05) is 25.3 Å². The molecule has 2 amide bonds. The van der Waals surface area contributed by atoms with Gasteiger partial charge in [-0.25, -0.2) is 0 Å². The number of hydrogen-bond donors (Lipinski definition) is 2. The molecular weight excluding hydrogens is 334 g/mol. The third kappa shape index (κ3) is 5.21. The van der Waals surface area contributed by atoms with Gasteiger partial charge in [0.15, 0.2) is 0 Å². The van der Waals surface area contributed by atoms with E-state index in [1.165, 1.54) is 0 Å². The first-order chi connectivity index (χ1) is 12.7. The SMILES string of the molecule is COc1ccc(C2=NO[C@H](CNC(=O)CCCNC(=O)C3CC3)C2)cc1. The zero-order chi connectivity index (χ0) is 18.4. The number of carbonyl (C=O) groups is 2. The number of rotatable bonds is 9. The van der Waals surface area contributed by atoms with Crippen molar-refractivity contribution in [3.63, 3.8) is 0 Å². The fourth-order valence-corrected chi connectivity index (χ4v) is 2.76. The van der Waals surface area contributed by atoms with Gasteiger partial charge in [0.2, 0.25) is 11.8 Å². The Bertz CT molecular complexity index is 668. The molecule has 2 aliphatic rings. The molecule has 0 radical (unpaired) electrons. The third-order valence-corrected chi connectivity index (χ3v) is 4.51. The molecule has 140 valence electrons. The first-order valence-corrected chi connectivity index (χ1v) is 9.07. The van der Waals surface area contributed by atoms with Crippen molar-refractivity contribution in [2.45, 2.75) is 38.2 Å². The second-order valence-corrected chi connectivity index (χ2v) is 6.67. The predicted molar refractivity (Wildman–Crippen MR) is 97.0 cm³/mol. The summed E-state index contributed by atoms with van der Waals surface area (Å²) >= 11 is 0. The van der Waals surface area contributed by atoms with Gasteiger partial charge >= 0.3 is 0 Å². The summed E-state index contributed by atoms with van der Waals surface area (Å²) in [4.78, 5) is 28.8. The van der Waals surface area contributed by atoms with Gasteiger partial charge in [-0.2, -0.15) is 0 Å². The van der Waals surface area contributed by atoms with Crippen molar-refractivity contribution in [3.8, 4) is 5.75 Å². The summed E-state index contributed by atoms with van der Waals surface area (Å²) in [6.45, 7) is 0.976. The van der Waals surface area contributed by atoms with Crippen LogP contribution in [0.25, 0.3) is 0 Å².